The van der Waals surface area contributed by atoms with Crippen molar-refractivity contribution < 1.29 is 14.3 Å². The van der Waals surface area contributed by atoms with Crippen LogP contribution in [0.4, 0.5) is 5.69 Å². The van der Waals surface area contributed by atoms with E-state index in [1.807, 2.05) is 31.2 Å². The normalized spacial score (nSPS) is 23.5. The SMILES string of the molecule is CCOc1ccc(NC(=O)C2CCC(C(=O)NC3CCCCCC3)CC2)cc1. The first-order chi connectivity index (χ1) is 13.7. The highest BCUT2D eigenvalue weighted by molar-refractivity contribution is 5.92. The average Bonchev–Trinajstić information content (AvgIpc) is 2.98. The second-order valence-corrected chi connectivity index (χ2v) is 8.19. The minimum absolute atomic E-state index is 0.00602. The molecule has 1 aromatic rings. The van der Waals surface area contributed by atoms with Crippen molar-refractivity contribution in [3.05, 3.63) is 24.3 Å². The minimum atomic E-state index is -0.00602. The summed E-state index contributed by atoms with van der Waals surface area (Å²) in [6, 6.07) is 7.83. The fourth-order valence-corrected chi connectivity index (χ4v) is 4.41. The van der Waals surface area contributed by atoms with Crippen LogP contribution in [0.15, 0.2) is 24.3 Å². The first-order valence-corrected chi connectivity index (χ1v) is 11.0. The summed E-state index contributed by atoms with van der Waals surface area (Å²) < 4.78 is 5.43. The van der Waals surface area contributed by atoms with E-state index >= 15 is 0 Å². The van der Waals surface area contributed by atoms with Crippen LogP contribution in [-0.4, -0.2) is 24.5 Å². The predicted molar refractivity (Wildman–Crippen MR) is 111 cm³/mol. The number of nitrogens with one attached hydrogen (secondary N) is 2. The van der Waals surface area contributed by atoms with Crippen molar-refractivity contribution in [3.63, 3.8) is 0 Å². The highest BCUT2D eigenvalue weighted by Crippen LogP contribution is 2.30. The Morgan fingerprint density at radius 2 is 1.43 bits per heavy atom. The van der Waals surface area contributed by atoms with Crippen molar-refractivity contribution in [1.82, 2.24) is 5.32 Å². The second kappa shape index (κ2) is 10.5. The quantitative estimate of drug-likeness (QED) is 0.698. The zero-order chi connectivity index (χ0) is 19.8. The number of amides is 2. The molecule has 28 heavy (non-hydrogen) atoms. The summed E-state index contributed by atoms with van der Waals surface area (Å²) in [6.07, 6.45) is 10.4. The molecular formula is C23H34N2O3. The molecule has 2 fully saturated rings. The van der Waals surface area contributed by atoms with Crippen LogP contribution < -0.4 is 15.4 Å². The van der Waals surface area contributed by atoms with Crippen LogP contribution in [0.3, 0.4) is 0 Å². The van der Waals surface area contributed by atoms with E-state index in [1.165, 1.54) is 25.7 Å². The Labute approximate surface area is 168 Å². The van der Waals surface area contributed by atoms with E-state index < -0.39 is 0 Å². The molecule has 0 aromatic heterocycles. The number of benzene rings is 1. The number of hydrogen-bond acceptors (Lipinski definition) is 3. The van der Waals surface area contributed by atoms with E-state index in [9.17, 15) is 9.59 Å². The van der Waals surface area contributed by atoms with E-state index in [1.54, 1.807) is 0 Å². The van der Waals surface area contributed by atoms with Gasteiger partial charge in [0.2, 0.25) is 11.8 Å². The molecule has 5 nitrogen and oxygen atoms in total. The number of hydrogen-bond donors (Lipinski definition) is 2. The van der Waals surface area contributed by atoms with Crippen LogP contribution in [0.2, 0.25) is 0 Å². The van der Waals surface area contributed by atoms with Crippen molar-refractivity contribution in [3.8, 4) is 5.75 Å². The molecule has 0 radical (unpaired) electrons. The summed E-state index contributed by atoms with van der Waals surface area (Å²) >= 11 is 0. The molecule has 2 saturated carbocycles. The maximum Gasteiger partial charge on any atom is 0.227 e. The maximum atomic E-state index is 12.6. The largest absolute Gasteiger partial charge is 0.494 e. The third kappa shape index (κ3) is 5.98. The van der Waals surface area contributed by atoms with E-state index in [2.05, 4.69) is 10.6 Å². The van der Waals surface area contributed by atoms with Gasteiger partial charge in [-0.05, 0) is 69.7 Å². The van der Waals surface area contributed by atoms with E-state index in [4.69, 9.17) is 4.74 Å². The highest BCUT2D eigenvalue weighted by atomic mass is 16.5. The molecule has 0 saturated heterocycles. The Balaban J connectivity index is 1.42. The molecule has 154 valence electrons. The lowest BCUT2D eigenvalue weighted by Crippen LogP contribution is -2.40. The number of anilines is 1. The molecule has 0 spiro atoms. The van der Waals surface area contributed by atoms with Gasteiger partial charge in [0.05, 0.1) is 6.61 Å². The monoisotopic (exact) mass is 386 g/mol. The van der Waals surface area contributed by atoms with Crippen molar-refractivity contribution in [1.29, 1.82) is 0 Å². The molecular weight excluding hydrogens is 352 g/mol. The maximum absolute atomic E-state index is 12.6. The van der Waals surface area contributed by atoms with Crippen molar-refractivity contribution in [2.45, 2.75) is 77.2 Å². The van der Waals surface area contributed by atoms with Gasteiger partial charge in [0.1, 0.15) is 5.75 Å². The van der Waals surface area contributed by atoms with Crippen LogP contribution in [-0.2, 0) is 9.59 Å². The summed E-state index contributed by atoms with van der Waals surface area (Å²) in [5.74, 6) is 1.14. The van der Waals surface area contributed by atoms with E-state index in [0.29, 0.717) is 12.6 Å². The molecule has 0 heterocycles. The Bertz CT molecular complexity index is 628. The lowest BCUT2D eigenvalue weighted by Gasteiger charge is -2.28. The summed E-state index contributed by atoms with van der Waals surface area (Å²) in [7, 11) is 0. The van der Waals surface area contributed by atoms with Gasteiger partial charge in [-0.2, -0.15) is 0 Å². The molecule has 0 aliphatic heterocycles. The summed E-state index contributed by atoms with van der Waals surface area (Å²) in [4.78, 5) is 25.2. The van der Waals surface area contributed by atoms with Crippen LogP contribution in [0.1, 0.15) is 71.1 Å². The van der Waals surface area contributed by atoms with Gasteiger partial charge < -0.3 is 15.4 Å². The molecule has 0 unspecified atom stereocenters. The Hall–Kier alpha value is -2.04. The van der Waals surface area contributed by atoms with Gasteiger partial charge in [-0.25, -0.2) is 0 Å². The van der Waals surface area contributed by atoms with E-state index in [-0.39, 0.29) is 23.7 Å². The summed E-state index contributed by atoms with van der Waals surface area (Å²) in [6.45, 7) is 2.58. The third-order valence-corrected chi connectivity index (χ3v) is 6.10. The number of carbonyl (C=O) groups excluding carboxylic acids is 2. The zero-order valence-corrected chi connectivity index (χ0v) is 17.0. The van der Waals surface area contributed by atoms with Crippen molar-refractivity contribution in [2.24, 2.45) is 11.8 Å². The molecule has 2 aliphatic carbocycles. The molecule has 3 rings (SSSR count). The van der Waals surface area contributed by atoms with Crippen molar-refractivity contribution >= 4 is 17.5 Å². The number of ether oxygens (including phenoxy) is 1. The van der Waals surface area contributed by atoms with E-state index in [0.717, 1.165) is 50.0 Å². The Morgan fingerprint density at radius 1 is 0.857 bits per heavy atom. The lowest BCUT2D eigenvalue weighted by molar-refractivity contribution is -0.129. The third-order valence-electron chi connectivity index (χ3n) is 6.10. The highest BCUT2D eigenvalue weighted by Gasteiger charge is 2.30. The van der Waals surface area contributed by atoms with Gasteiger partial charge >= 0.3 is 0 Å². The van der Waals surface area contributed by atoms with Gasteiger partial charge in [-0.1, -0.05) is 25.7 Å². The van der Waals surface area contributed by atoms with Crippen LogP contribution in [0, 0.1) is 11.8 Å². The Kier molecular flexibility index (Phi) is 7.75. The average molecular weight is 387 g/mol. The smallest absolute Gasteiger partial charge is 0.227 e. The fraction of sp³-hybridized carbons (Fsp3) is 0.652. The molecule has 2 aliphatic rings. The first-order valence-electron chi connectivity index (χ1n) is 11.0. The zero-order valence-electron chi connectivity index (χ0n) is 17.0. The number of carbonyl (C=O) groups is 2. The van der Waals surface area contributed by atoms with Crippen molar-refractivity contribution in [2.75, 3.05) is 11.9 Å². The van der Waals surface area contributed by atoms with Gasteiger partial charge in [-0.15, -0.1) is 0 Å². The van der Waals surface area contributed by atoms with Gasteiger partial charge in [0.15, 0.2) is 0 Å². The summed E-state index contributed by atoms with van der Waals surface area (Å²) in [5.41, 5.74) is 0.793. The molecule has 5 heteroatoms. The molecule has 2 amide bonds. The van der Waals surface area contributed by atoms with Crippen LogP contribution in [0.5, 0.6) is 5.75 Å². The van der Waals surface area contributed by atoms with Gasteiger partial charge in [0, 0.05) is 23.6 Å². The summed E-state index contributed by atoms with van der Waals surface area (Å²) in [5, 5.41) is 6.28. The molecule has 0 atom stereocenters. The molecule has 1 aromatic carbocycles. The molecule has 2 N–H and O–H groups in total. The minimum Gasteiger partial charge on any atom is -0.494 e. The Morgan fingerprint density at radius 3 is 2.00 bits per heavy atom. The predicted octanol–water partition coefficient (Wildman–Crippen LogP) is 4.67. The standard InChI is InChI=1S/C23H34N2O3/c1-2-28-21-15-13-20(14-16-21)25-23(27)18-11-9-17(10-12-18)22(26)24-19-7-5-3-4-6-8-19/h13-19H,2-12H2,1H3,(H,24,26)(H,25,27). The van der Waals surface area contributed by atoms with Gasteiger partial charge in [-0.3, -0.25) is 9.59 Å². The fourth-order valence-electron chi connectivity index (χ4n) is 4.41. The first kappa shape index (κ1) is 20.7. The number of rotatable bonds is 6. The van der Waals surface area contributed by atoms with Crippen LogP contribution in [0.25, 0.3) is 0 Å². The molecule has 0 bridgehead atoms. The topological polar surface area (TPSA) is 67.4 Å². The van der Waals surface area contributed by atoms with Crippen LogP contribution >= 0.6 is 0 Å². The second-order valence-electron chi connectivity index (χ2n) is 8.19. The lowest BCUT2D eigenvalue weighted by atomic mass is 9.81. The van der Waals surface area contributed by atoms with Gasteiger partial charge in [0.25, 0.3) is 0 Å².